The number of benzene rings is 2. The van der Waals surface area contributed by atoms with Gasteiger partial charge in [-0.25, -0.2) is 0 Å². The molecule has 32 heavy (non-hydrogen) atoms. The minimum absolute atomic E-state index is 0.364. The van der Waals surface area contributed by atoms with Gasteiger partial charge >= 0.3 is 5.97 Å². The molecule has 2 unspecified atom stereocenters. The van der Waals surface area contributed by atoms with E-state index in [2.05, 4.69) is 0 Å². The van der Waals surface area contributed by atoms with E-state index in [1.165, 1.54) is 0 Å². The zero-order valence-corrected chi connectivity index (χ0v) is 19.2. The predicted octanol–water partition coefficient (Wildman–Crippen LogP) is 3.76. The van der Waals surface area contributed by atoms with Crippen molar-refractivity contribution < 1.29 is 33.6 Å². The molecular formula is C24H31NO7. The standard InChI is InChI=1S/C24H31NO7/c1-6-32-19-12-15(9-10-18(19)28-2)22(25-11-7-8-17(25)24(26)27)16-13-20(29-3)23(31-5)21(14-16)30-4/h9-10,12-14,17,22H,6-8,11H2,1-5H3,(H,26,27). The van der Waals surface area contributed by atoms with Crippen LogP contribution in [-0.2, 0) is 4.79 Å². The van der Waals surface area contributed by atoms with Gasteiger partial charge in [0.1, 0.15) is 6.04 Å². The Kier molecular flexibility index (Phi) is 7.69. The van der Waals surface area contributed by atoms with Crippen molar-refractivity contribution in [1.29, 1.82) is 0 Å². The summed E-state index contributed by atoms with van der Waals surface area (Å²) in [7, 11) is 6.27. The molecule has 0 aromatic heterocycles. The summed E-state index contributed by atoms with van der Waals surface area (Å²) in [6.45, 7) is 3.04. The highest BCUT2D eigenvalue weighted by molar-refractivity contribution is 5.74. The topological polar surface area (TPSA) is 86.7 Å². The third-order valence-corrected chi connectivity index (χ3v) is 5.72. The van der Waals surface area contributed by atoms with E-state index in [-0.39, 0.29) is 6.04 Å². The van der Waals surface area contributed by atoms with Crippen molar-refractivity contribution in [1.82, 2.24) is 4.90 Å². The number of nitrogens with zero attached hydrogens (tertiary/aromatic N) is 1. The van der Waals surface area contributed by atoms with Crippen LogP contribution in [0.15, 0.2) is 30.3 Å². The van der Waals surface area contributed by atoms with Gasteiger partial charge in [0, 0.05) is 6.54 Å². The first-order valence-corrected chi connectivity index (χ1v) is 10.6. The number of carboxylic acid groups (broad SMARTS) is 1. The number of ether oxygens (including phenoxy) is 5. The number of aliphatic carboxylic acids is 1. The maximum atomic E-state index is 12.0. The van der Waals surface area contributed by atoms with Gasteiger partial charge in [-0.2, -0.15) is 0 Å². The summed E-state index contributed by atoms with van der Waals surface area (Å²) in [6.07, 6.45) is 1.39. The minimum atomic E-state index is -0.835. The van der Waals surface area contributed by atoms with E-state index in [1.807, 2.05) is 42.2 Å². The average molecular weight is 446 g/mol. The van der Waals surface area contributed by atoms with Crippen LogP contribution in [-0.4, -0.2) is 63.6 Å². The molecule has 0 bridgehead atoms. The monoisotopic (exact) mass is 445 g/mol. The molecule has 2 aromatic rings. The third kappa shape index (κ3) is 4.55. The fraction of sp³-hybridized carbons (Fsp3) is 0.458. The molecule has 3 rings (SSSR count). The van der Waals surface area contributed by atoms with Crippen LogP contribution < -0.4 is 23.7 Å². The summed E-state index contributed by atoms with van der Waals surface area (Å²) in [4.78, 5) is 14.0. The lowest BCUT2D eigenvalue weighted by atomic mass is 9.95. The molecule has 1 fully saturated rings. The van der Waals surface area contributed by atoms with E-state index in [9.17, 15) is 9.90 Å². The van der Waals surface area contributed by atoms with Gasteiger partial charge in [-0.3, -0.25) is 9.69 Å². The highest BCUT2D eigenvalue weighted by Crippen LogP contribution is 2.44. The Morgan fingerprint density at radius 3 is 2.12 bits per heavy atom. The van der Waals surface area contributed by atoms with E-state index in [4.69, 9.17) is 23.7 Å². The maximum Gasteiger partial charge on any atom is 0.320 e. The Hall–Kier alpha value is -3.13. The van der Waals surface area contributed by atoms with Gasteiger partial charge in [-0.05, 0) is 55.2 Å². The lowest BCUT2D eigenvalue weighted by Gasteiger charge is -2.33. The largest absolute Gasteiger partial charge is 0.493 e. The smallest absolute Gasteiger partial charge is 0.320 e. The molecule has 174 valence electrons. The van der Waals surface area contributed by atoms with Gasteiger partial charge in [0.2, 0.25) is 5.75 Å². The number of hydrogen-bond acceptors (Lipinski definition) is 7. The Bertz CT molecular complexity index is 921. The average Bonchev–Trinajstić information content (AvgIpc) is 3.28. The van der Waals surface area contributed by atoms with Crippen LogP contribution in [0.2, 0.25) is 0 Å². The van der Waals surface area contributed by atoms with Crippen molar-refractivity contribution in [3.05, 3.63) is 41.5 Å². The first kappa shape index (κ1) is 23.5. The summed E-state index contributed by atoms with van der Waals surface area (Å²) in [6, 6.07) is 8.47. The van der Waals surface area contributed by atoms with Gasteiger partial charge in [0.25, 0.3) is 0 Å². The first-order valence-electron chi connectivity index (χ1n) is 10.6. The lowest BCUT2D eigenvalue weighted by Crippen LogP contribution is -2.39. The molecule has 0 radical (unpaired) electrons. The molecule has 0 amide bonds. The summed E-state index contributed by atoms with van der Waals surface area (Å²) < 4.78 is 27.8. The molecule has 1 N–H and O–H groups in total. The number of carboxylic acids is 1. The molecular weight excluding hydrogens is 414 g/mol. The van der Waals surface area contributed by atoms with Crippen molar-refractivity contribution in [2.45, 2.75) is 31.8 Å². The molecule has 1 saturated heterocycles. The van der Waals surface area contributed by atoms with Crippen molar-refractivity contribution in [2.75, 3.05) is 41.6 Å². The molecule has 8 heteroatoms. The van der Waals surface area contributed by atoms with Crippen LogP contribution in [0.1, 0.15) is 36.9 Å². The second-order valence-electron chi connectivity index (χ2n) is 7.44. The highest BCUT2D eigenvalue weighted by Gasteiger charge is 2.38. The van der Waals surface area contributed by atoms with Crippen molar-refractivity contribution >= 4 is 5.97 Å². The van der Waals surface area contributed by atoms with Gasteiger partial charge in [0.05, 0.1) is 41.1 Å². The normalized spacial score (nSPS) is 17.0. The van der Waals surface area contributed by atoms with E-state index in [0.717, 1.165) is 17.5 Å². The van der Waals surface area contributed by atoms with Gasteiger partial charge in [-0.15, -0.1) is 0 Å². The molecule has 2 aromatic carbocycles. The molecule has 0 saturated carbocycles. The van der Waals surface area contributed by atoms with Crippen LogP contribution in [0.5, 0.6) is 28.7 Å². The predicted molar refractivity (Wildman–Crippen MR) is 119 cm³/mol. The van der Waals surface area contributed by atoms with E-state index >= 15 is 0 Å². The summed E-state index contributed by atoms with van der Waals surface area (Å²) in [5.41, 5.74) is 1.72. The van der Waals surface area contributed by atoms with Gasteiger partial charge in [-0.1, -0.05) is 6.07 Å². The zero-order chi connectivity index (χ0) is 23.3. The molecule has 0 aliphatic carbocycles. The Morgan fingerprint density at radius 2 is 1.59 bits per heavy atom. The van der Waals surface area contributed by atoms with Crippen LogP contribution in [0, 0.1) is 0 Å². The van der Waals surface area contributed by atoms with Crippen molar-refractivity contribution in [3.8, 4) is 28.7 Å². The second kappa shape index (κ2) is 10.5. The van der Waals surface area contributed by atoms with E-state index < -0.39 is 12.0 Å². The fourth-order valence-corrected chi connectivity index (χ4v) is 4.33. The first-order chi connectivity index (χ1) is 15.5. The Balaban J connectivity index is 2.21. The fourth-order valence-electron chi connectivity index (χ4n) is 4.33. The van der Waals surface area contributed by atoms with Crippen LogP contribution in [0.3, 0.4) is 0 Å². The Morgan fingerprint density at radius 1 is 0.969 bits per heavy atom. The number of rotatable bonds is 10. The zero-order valence-electron chi connectivity index (χ0n) is 19.2. The van der Waals surface area contributed by atoms with Gasteiger partial charge in [0.15, 0.2) is 23.0 Å². The number of hydrogen-bond donors (Lipinski definition) is 1. The third-order valence-electron chi connectivity index (χ3n) is 5.72. The summed E-state index contributed by atoms with van der Waals surface area (Å²) in [5.74, 6) is 1.90. The Labute approximate surface area is 188 Å². The number of likely N-dealkylation sites (tertiary alicyclic amines) is 1. The number of carbonyl (C=O) groups is 1. The quantitative estimate of drug-likeness (QED) is 0.592. The maximum absolute atomic E-state index is 12.0. The SMILES string of the molecule is CCOc1cc(C(c2cc(OC)c(OC)c(OC)c2)N2CCCC2C(=O)O)ccc1OC. The van der Waals surface area contributed by atoms with Gasteiger partial charge < -0.3 is 28.8 Å². The molecule has 8 nitrogen and oxygen atoms in total. The van der Waals surface area contributed by atoms with E-state index in [0.29, 0.717) is 48.3 Å². The minimum Gasteiger partial charge on any atom is -0.493 e. The van der Waals surface area contributed by atoms with Crippen molar-refractivity contribution in [3.63, 3.8) is 0 Å². The molecule has 0 spiro atoms. The molecule has 1 heterocycles. The summed E-state index contributed by atoms with van der Waals surface area (Å²) in [5, 5.41) is 9.88. The number of methoxy groups -OCH3 is 4. The molecule has 2 atom stereocenters. The molecule has 1 aliphatic rings. The lowest BCUT2D eigenvalue weighted by molar-refractivity contribution is -0.142. The summed E-state index contributed by atoms with van der Waals surface area (Å²) >= 11 is 0. The second-order valence-corrected chi connectivity index (χ2v) is 7.44. The van der Waals surface area contributed by atoms with E-state index in [1.54, 1.807) is 28.4 Å². The van der Waals surface area contributed by atoms with Crippen LogP contribution in [0.25, 0.3) is 0 Å². The highest BCUT2D eigenvalue weighted by atomic mass is 16.5. The van der Waals surface area contributed by atoms with Crippen LogP contribution >= 0.6 is 0 Å². The van der Waals surface area contributed by atoms with Crippen LogP contribution in [0.4, 0.5) is 0 Å². The molecule has 1 aliphatic heterocycles. The van der Waals surface area contributed by atoms with Crippen molar-refractivity contribution in [2.24, 2.45) is 0 Å².